The highest BCUT2D eigenvalue weighted by Crippen LogP contribution is 2.22. The fourth-order valence-electron chi connectivity index (χ4n) is 2.59. The topological polar surface area (TPSA) is 79.5 Å². The van der Waals surface area contributed by atoms with E-state index in [1.54, 1.807) is 12.1 Å². The van der Waals surface area contributed by atoms with Crippen LogP contribution < -0.4 is 0 Å². The van der Waals surface area contributed by atoms with Crippen LogP contribution in [0.3, 0.4) is 0 Å². The lowest BCUT2D eigenvalue weighted by Crippen LogP contribution is -2.35. The number of nitrogens with zero attached hydrogens (tertiary/aromatic N) is 3. The molecule has 7 heteroatoms. The van der Waals surface area contributed by atoms with Crippen LogP contribution in [-0.4, -0.2) is 39.2 Å². The van der Waals surface area contributed by atoms with Crippen molar-refractivity contribution in [2.24, 2.45) is 5.92 Å². The Bertz CT molecular complexity index is 666. The highest BCUT2D eigenvalue weighted by molar-refractivity contribution is 6.30. The third kappa shape index (κ3) is 3.45. The van der Waals surface area contributed by atoms with Crippen molar-refractivity contribution < 1.29 is 14.4 Å². The molecule has 1 N–H and O–H groups in total. The number of rotatable bonds is 4. The van der Waals surface area contributed by atoms with Gasteiger partial charge < -0.3 is 9.63 Å². The number of piperidine rings is 1. The molecule has 2 heterocycles. The van der Waals surface area contributed by atoms with Gasteiger partial charge in [0, 0.05) is 10.6 Å². The summed E-state index contributed by atoms with van der Waals surface area (Å²) in [6.07, 6.45) is 1.31. The van der Waals surface area contributed by atoms with Gasteiger partial charge in [-0.1, -0.05) is 28.9 Å². The van der Waals surface area contributed by atoms with Crippen LogP contribution in [0, 0.1) is 5.92 Å². The molecule has 1 saturated heterocycles. The fraction of sp³-hybridized carbons (Fsp3) is 0.400. The van der Waals surface area contributed by atoms with E-state index in [4.69, 9.17) is 21.2 Å². The third-order valence-corrected chi connectivity index (χ3v) is 4.08. The first-order chi connectivity index (χ1) is 10.6. The molecular formula is C15H16ClN3O3. The SMILES string of the molecule is O=C(O)C1CCN(Cc2nc(-c3cccc(Cl)c3)no2)CC1. The quantitative estimate of drug-likeness (QED) is 0.932. The number of benzene rings is 1. The van der Waals surface area contributed by atoms with Gasteiger partial charge in [0.1, 0.15) is 0 Å². The second-order valence-electron chi connectivity index (χ2n) is 5.41. The molecule has 1 fully saturated rings. The van der Waals surface area contributed by atoms with Gasteiger partial charge in [0.2, 0.25) is 11.7 Å². The van der Waals surface area contributed by atoms with E-state index in [9.17, 15) is 4.79 Å². The van der Waals surface area contributed by atoms with Crippen LogP contribution in [0.25, 0.3) is 11.4 Å². The van der Waals surface area contributed by atoms with Gasteiger partial charge in [-0.25, -0.2) is 0 Å². The van der Waals surface area contributed by atoms with Gasteiger partial charge in [-0.15, -0.1) is 0 Å². The molecule has 1 aliphatic heterocycles. The van der Waals surface area contributed by atoms with E-state index in [0.29, 0.717) is 36.1 Å². The highest BCUT2D eigenvalue weighted by Gasteiger charge is 2.25. The van der Waals surface area contributed by atoms with Crippen LogP contribution in [0.2, 0.25) is 5.02 Å². The Kier molecular flexibility index (Phi) is 4.40. The number of hydrogen-bond acceptors (Lipinski definition) is 5. The molecule has 0 radical (unpaired) electrons. The van der Waals surface area contributed by atoms with Crippen LogP contribution in [0.1, 0.15) is 18.7 Å². The van der Waals surface area contributed by atoms with E-state index < -0.39 is 5.97 Å². The van der Waals surface area contributed by atoms with Crippen molar-refractivity contribution in [2.45, 2.75) is 19.4 Å². The molecule has 3 rings (SSSR count). The Labute approximate surface area is 132 Å². The minimum Gasteiger partial charge on any atom is -0.481 e. The molecule has 1 aliphatic rings. The van der Waals surface area contributed by atoms with Crippen LogP contribution >= 0.6 is 11.6 Å². The summed E-state index contributed by atoms with van der Waals surface area (Å²) in [5.74, 6) is 0.100. The molecule has 0 amide bonds. The Morgan fingerprint density at radius 3 is 2.86 bits per heavy atom. The molecule has 2 aromatic rings. The van der Waals surface area contributed by atoms with E-state index >= 15 is 0 Å². The lowest BCUT2D eigenvalue weighted by Gasteiger charge is -2.28. The Morgan fingerprint density at radius 1 is 1.41 bits per heavy atom. The molecule has 22 heavy (non-hydrogen) atoms. The predicted octanol–water partition coefficient (Wildman–Crippen LogP) is 2.69. The summed E-state index contributed by atoms with van der Waals surface area (Å²) in [7, 11) is 0. The minimum atomic E-state index is -0.708. The lowest BCUT2D eigenvalue weighted by atomic mass is 9.97. The highest BCUT2D eigenvalue weighted by atomic mass is 35.5. The van der Waals surface area contributed by atoms with Crippen LogP contribution in [-0.2, 0) is 11.3 Å². The van der Waals surface area contributed by atoms with Gasteiger partial charge >= 0.3 is 5.97 Å². The molecule has 0 saturated carbocycles. The number of halogens is 1. The van der Waals surface area contributed by atoms with Gasteiger partial charge in [-0.2, -0.15) is 4.98 Å². The maximum absolute atomic E-state index is 10.9. The van der Waals surface area contributed by atoms with Crippen LogP contribution in [0.15, 0.2) is 28.8 Å². The number of carboxylic acids is 1. The number of carbonyl (C=O) groups is 1. The van der Waals surface area contributed by atoms with E-state index in [0.717, 1.165) is 18.7 Å². The van der Waals surface area contributed by atoms with Crippen molar-refractivity contribution in [3.8, 4) is 11.4 Å². The summed E-state index contributed by atoms with van der Waals surface area (Å²) < 4.78 is 5.27. The normalized spacial score (nSPS) is 16.8. The Morgan fingerprint density at radius 2 is 2.18 bits per heavy atom. The average molecular weight is 322 g/mol. The van der Waals surface area contributed by atoms with Gasteiger partial charge in [0.05, 0.1) is 12.5 Å². The molecule has 0 spiro atoms. The maximum atomic E-state index is 10.9. The van der Waals surface area contributed by atoms with Crippen LogP contribution in [0.5, 0.6) is 0 Å². The first-order valence-corrected chi connectivity index (χ1v) is 7.53. The van der Waals surface area contributed by atoms with Crippen molar-refractivity contribution in [3.63, 3.8) is 0 Å². The zero-order chi connectivity index (χ0) is 15.5. The summed E-state index contributed by atoms with van der Waals surface area (Å²) in [6, 6.07) is 7.29. The van der Waals surface area contributed by atoms with Gasteiger partial charge in [-0.05, 0) is 38.1 Å². The summed E-state index contributed by atoms with van der Waals surface area (Å²) in [5, 5.41) is 13.6. The summed E-state index contributed by atoms with van der Waals surface area (Å²) in [5.41, 5.74) is 0.812. The summed E-state index contributed by atoms with van der Waals surface area (Å²) >= 11 is 5.95. The van der Waals surface area contributed by atoms with E-state index in [2.05, 4.69) is 15.0 Å². The zero-order valence-electron chi connectivity index (χ0n) is 11.9. The zero-order valence-corrected chi connectivity index (χ0v) is 12.7. The molecule has 0 unspecified atom stereocenters. The van der Waals surface area contributed by atoms with E-state index in [-0.39, 0.29) is 5.92 Å². The summed E-state index contributed by atoms with van der Waals surface area (Å²) in [4.78, 5) is 17.4. The monoisotopic (exact) mass is 321 g/mol. The molecule has 0 atom stereocenters. The van der Waals surface area contributed by atoms with Crippen molar-refractivity contribution in [1.82, 2.24) is 15.0 Å². The van der Waals surface area contributed by atoms with Gasteiger partial charge in [0.25, 0.3) is 0 Å². The lowest BCUT2D eigenvalue weighted by molar-refractivity contribution is -0.143. The predicted molar refractivity (Wildman–Crippen MR) is 80.4 cm³/mol. The first-order valence-electron chi connectivity index (χ1n) is 7.15. The minimum absolute atomic E-state index is 0.235. The van der Waals surface area contributed by atoms with Crippen LogP contribution in [0.4, 0.5) is 0 Å². The van der Waals surface area contributed by atoms with E-state index in [1.807, 2.05) is 12.1 Å². The number of aromatic nitrogens is 2. The first kappa shape index (κ1) is 15.0. The largest absolute Gasteiger partial charge is 0.481 e. The van der Waals surface area contributed by atoms with Crippen molar-refractivity contribution >= 4 is 17.6 Å². The second kappa shape index (κ2) is 6.46. The molecular weight excluding hydrogens is 306 g/mol. The van der Waals surface area contributed by atoms with Gasteiger partial charge in [0.15, 0.2) is 0 Å². The molecule has 6 nitrogen and oxygen atoms in total. The van der Waals surface area contributed by atoms with Crippen molar-refractivity contribution in [2.75, 3.05) is 13.1 Å². The smallest absolute Gasteiger partial charge is 0.306 e. The molecule has 0 aliphatic carbocycles. The van der Waals surface area contributed by atoms with Gasteiger partial charge in [-0.3, -0.25) is 9.69 Å². The van der Waals surface area contributed by atoms with Crippen molar-refractivity contribution in [3.05, 3.63) is 35.2 Å². The molecule has 0 bridgehead atoms. The molecule has 1 aromatic heterocycles. The number of likely N-dealkylation sites (tertiary alicyclic amines) is 1. The average Bonchev–Trinajstić information content (AvgIpc) is 2.96. The number of carboxylic acid groups (broad SMARTS) is 1. The molecule has 116 valence electrons. The Hall–Kier alpha value is -1.92. The molecule has 1 aromatic carbocycles. The number of aliphatic carboxylic acids is 1. The maximum Gasteiger partial charge on any atom is 0.306 e. The number of hydrogen-bond donors (Lipinski definition) is 1. The van der Waals surface area contributed by atoms with E-state index in [1.165, 1.54) is 0 Å². The fourth-order valence-corrected chi connectivity index (χ4v) is 2.78. The standard InChI is InChI=1S/C15H16ClN3O3/c16-12-3-1-2-11(8-12)14-17-13(22-18-14)9-19-6-4-10(5-7-19)15(20)21/h1-3,8,10H,4-7,9H2,(H,20,21). The van der Waals surface area contributed by atoms with Crippen molar-refractivity contribution in [1.29, 1.82) is 0 Å². The second-order valence-corrected chi connectivity index (χ2v) is 5.85. The summed E-state index contributed by atoms with van der Waals surface area (Å²) in [6.45, 7) is 2.00. The Balaban J connectivity index is 1.62. The third-order valence-electron chi connectivity index (χ3n) is 3.85.